The normalized spacial score (nSPS) is 20.7. The zero-order valence-electron chi connectivity index (χ0n) is 21.4. The maximum absolute atomic E-state index is 13.6. The van der Waals surface area contributed by atoms with Gasteiger partial charge in [-0.1, -0.05) is 44.2 Å². The number of aromatic nitrogens is 3. The lowest BCUT2D eigenvalue weighted by molar-refractivity contribution is 0.102. The Bertz CT molecular complexity index is 1390. The summed E-state index contributed by atoms with van der Waals surface area (Å²) in [4.78, 5) is 50.1. The fourth-order valence-electron chi connectivity index (χ4n) is 5.64. The molecule has 0 spiro atoms. The third kappa shape index (κ3) is 5.73. The van der Waals surface area contributed by atoms with Crippen molar-refractivity contribution < 1.29 is 4.79 Å². The number of H-pyrrole nitrogens is 1. The van der Waals surface area contributed by atoms with Crippen LogP contribution in [0.1, 0.15) is 87.7 Å². The number of amides is 1. The van der Waals surface area contributed by atoms with Crippen LogP contribution in [0.5, 0.6) is 0 Å². The molecule has 1 aromatic carbocycles. The number of para-hydroxylation sites is 2. The minimum atomic E-state index is -0.598. The summed E-state index contributed by atoms with van der Waals surface area (Å²) in [5.74, 6) is -0.225. The summed E-state index contributed by atoms with van der Waals surface area (Å²) in [5.41, 5.74) is 2.17. The standard InChI is InChI=1S/C29H35N5O3/c1-19(17-20-13-15-23(20)31-21-9-5-3-2-4-6-10-21)34-25-12-8-7-11-24(25)33-27(29(34)37)28(36)32-22-14-16-26(35)30-18-22/h7-8,11-12,14,16,18-21H,2-6,9-10,13,15,17H2,1H3,(H,30,35)(H,32,36)/t19-,20?/m0/s1. The second-order valence-corrected chi connectivity index (χ2v) is 10.5. The van der Waals surface area contributed by atoms with Gasteiger partial charge in [-0.2, -0.15) is 0 Å². The summed E-state index contributed by atoms with van der Waals surface area (Å²) in [6.45, 7) is 2.04. The average Bonchev–Trinajstić information content (AvgIpc) is 2.86. The Labute approximate surface area is 216 Å². The maximum atomic E-state index is 13.6. The van der Waals surface area contributed by atoms with Crippen molar-refractivity contribution in [3.05, 3.63) is 69.0 Å². The van der Waals surface area contributed by atoms with Crippen LogP contribution in [0.25, 0.3) is 11.0 Å². The molecular formula is C29H35N5O3. The quantitative estimate of drug-likeness (QED) is 0.481. The first-order valence-electron chi connectivity index (χ1n) is 13.6. The SMILES string of the molecule is C[C@@H](CC1CCC1=NC1CCCCCCC1)n1c(=O)c(C(=O)Nc2ccc(=O)[nH]c2)nc2ccccc21. The van der Waals surface area contributed by atoms with Crippen molar-refractivity contribution in [1.82, 2.24) is 14.5 Å². The summed E-state index contributed by atoms with van der Waals surface area (Å²) >= 11 is 0. The summed E-state index contributed by atoms with van der Waals surface area (Å²) < 4.78 is 1.72. The predicted octanol–water partition coefficient (Wildman–Crippen LogP) is 5.25. The van der Waals surface area contributed by atoms with Gasteiger partial charge in [0, 0.05) is 30.1 Å². The predicted molar refractivity (Wildman–Crippen MR) is 147 cm³/mol. The number of hydrogen-bond acceptors (Lipinski definition) is 5. The molecule has 194 valence electrons. The second-order valence-electron chi connectivity index (χ2n) is 10.5. The summed E-state index contributed by atoms with van der Waals surface area (Å²) in [7, 11) is 0. The van der Waals surface area contributed by atoms with Crippen LogP contribution >= 0.6 is 0 Å². The topological polar surface area (TPSA) is 109 Å². The van der Waals surface area contributed by atoms with Gasteiger partial charge in [0.25, 0.3) is 11.5 Å². The van der Waals surface area contributed by atoms with E-state index in [0.29, 0.717) is 23.2 Å². The number of carbonyl (C=O) groups excluding carboxylic acids is 1. The first kappa shape index (κ1) is 25.1. The number of fused-ring (bicyclic) bond motifs is 1. The van der Waals surface area contributed by atoms with Crippen LogP contribution in [0.4, 0.5) is 5.69 Å². The van der Waals surface area contributed by atoms with Gasteiger partial charge in [-0.3, -0.25) is 19.4 Å². The van der Waals surface area contributed by atoms with Gasteiger partial charge in [0.15, 0.2) is 5.69 Å². The van der Waals surface area contributed by atoms with E-state index in [9.17, 15) is 14.4 Å². The highest BCUT2D eigenvalue weighted by atomic mass is 16.2. The molecule has 3 aromatic rings. The Kier molecular flexibility index (Phi) is 7.63. The van der Waals surface area contributed by atoms with Crippen molar-refractivity contribution in [2.75, 3.05) is 5.32 Å². The highest BCUT2D eigenvalue weighted by Gasteiger charge is 2.30. The van der Waals surface area contributed by atoms with Gasteiger partial charge in [0.2, 0.25) is 5.56 Å². The number of benzene rings is 1. The number of nitrogens with zero attached hydrogens (tertiary/aromatic N) is 3. The molecule has 2 heterocycles. The molecule has 1 unspecified atom stereocenters. The van der Waals surface area contributed by atoms with Crippen molar-refractivity contribution >= 4 is 28.3 Å². The van der Waals surface area contributed by atoms with E-state index in [2.05, 4.69) is 15.3 Å². The fourth-order valence-corrected chi connectivity index (χ4v) is 5.64. The smallest absolute Gasteiger partial charge is 0.282 e. The van der Waals surface area contributed by atoms with Gasteiger partial charge in [-0.15, -0.1) is 0 Å². The van der Waals surface area contributed by atoms with Crippen molar-refractivity contribution in [1.29, 1.82) is 0 Å². The number of anilines is 1. The Morgan fingerprint density at radius 2 is 1.84 bits per heavy atom. The van der Waals surface area contributed by atoms with E-state index >= 15 is 0 Å². The van der Waals surface area contributed by atoms with E-state index in [-0.39, 0.29) is 17.3 Å². The molecule has 2 fully saturated rings. The summed E-state index contributed by atoms with van der Waals surface area (Å²) in [6.07, 6.45) is 13.2. The number of aliphatic imine (C=N–C) groups is 1. The molecule has 2 aromatic heterocycles. The molecule has 2 atom stereocenters. The number of pyridine rings is 1. The van der Waals surface area contributed by atoms with Crippen LogP contribution in [0.3, 0.4) is 0 Å². The van der Waals surface area contributed by atoms with Gasteiger partial charge < -0.3 is 14.9 Å². The fraction of sp³-hybridized carbons (Fsp3) is 0.483. The van der Waals surface area contributed by atoms with E-state index in [4.69, 9.17) is 4.99 Å². The van der Waals surface area contributed by atoms with Crippen LogP contribution in [-0.4, -0.2) is 32.2 Å². The highest BCUT2D eigenvalue weighted by molar-refractivity contribution is 6.03. The van der Waals surface area contributed by atoms with Gasteiger partial charge in [-0.25, -0.2) is 4.98 Å². The summed E-state index contributed by atoms with van der Waals surface area (Å²) in [6, 6.07) is 10.6. The largest absolute Gasteiger partial charge is 0.327 e. The number of carbonyl (C=O) groups is 1. The Balaban J connectivity index is 1.39. The Hall–Kier alpha value is -3.55. The molecule has 8 nitrogen and oxygen atoms in total. The molecule has 0 aliphatic heterocycles. The first-order valence-corrected chi connectivity index (χ1v) is 13.6. The lowest BCUT2D eigenvalue weighted by Crippen LogP contribution is -2.36. The van der Waals surface area contributed by atoms with Gasteiger partial charge in [0.05, 0.1) is 16.7 Å². The molecule has 1 amide bonds. The Morgan fingerprint density at radius 3 is 2.54 bits per heavy atom. The maximum Gasteiger partial charge on any atom is 0.282 e. The molecule has 8 heteroatoms. The molecule has 2 aliphatic carbocycles. The van der Waals surface area contributed by atoms with E-state index in [1.807, 2.05) is 31.2 Å². The van der Waals surface area contributed by atoms with Crippen LogP contribution < -0.4 is 16.4 Å². The van der Waals surface area contributed by atoms with Crippen molar-refractivity contribution in [3.63, 3.8) is 0 Å². The second kappa shape index (κ2) is 11.2. The first-order chi connectivity index (χ1) is 18.0. The molecule has 0 radical (unpaired) electrons. The lowest BCUT2D eigenvalue weighted by Gasteiger charge is -2.33. The number of nitrogens with one attached hydrogen (secondary N) is 2. The van der Waals surface area contributed by atoms with Crippen molar-refractivity contribution in [3.8, 4) is 0 Å². The molecule has 37 heavy (non-hydrogen) atoms. The minimum absolute atomic E-state index is 0.118. The number of aromatic amines is 1. The molecule has 2 saturated carbocycles. The zero-order valence-corrected chi connectivity index (χ0v) is 21.4. The van der Waals surface area contributed by atoms with E-state index in [1.54, 1.807) is 4.57 Å². The molecule has 2 aliphatic rings. The van der Waals surface area contributed by atoms with Crippen LogP contribution in [0.15, 0.2) is 57.2 Å². The van der Waals surface area contributed by atoms with Crippen LogP contribution in [0, 0.1) is 5.92 Å². The Morgan fingerprint density at radius 1 is 1.08 bits per heavy atom. The lowest BCUT2D eigenvalue weighted by atomic mass is 9.78. The van der Waals surface area contributed by atoms with E-state index in [0.717, 1.165) is 24.8 Å². The third-order valence-electron chi connectivity index (χ3n) is 7.76. The van der Waals surface area contributed by atoms with Crippen LogP contribution in [0.2, 0.25) is 0 Å². The van der Waals surface area contributed by atoms with Crippen molar-refractivity contribution in [2.24, 2.45) is 10.9 Å². The molecule has 0 saturated heterocycles. The average molecular weight is 502 g/mol. The monoisotopic (exact) mass is 501 g/mol. The zero-order chi connectivity index (χ0) is 25.8. The minimum Gasteiger partial charge on any atom is -0.327 e. The van der Waals surface area contributed by atoms with Gasteiger partial charge in [-0.05, 0) is 63.1 Å². The summed E-state index contributed by atoms with van der Waals surface area (Å²) in [5, 5.41) is 2.68. The number of hydrogen-bond donors (Lipinski definition) is 2. The van der Waals surface area contributed by atoms with Crippen LogP contribution in [-0.2, 0) is 0 Å². The molecule has 5 rings (SSSR count). The van der Waals surface area contributed by atoms with Gasteiger partial charge in [0.1, 0.15) is 0 Å². The third-order valence-corrected chi connectivity index (χ3v) is 7.76. The van der Waals surface area contributed by atoms with E-state index < -0.39 is 11.5 Å². The number of rotatable bonds is 6. The van der Waals surface area contributed by atoms with Crippen molar-refractivity contribution in [2.45, 2.75) is 83.2 Å². The highest BCUT2D eigenvalue weighted by Crippen LogP contribution is 2.34. The molecule has 2 N–H and O–H groups in total. The van der Waals surface area contributed by atoms with Gasteiger partial charge >= 0.3 is 0 Å². The molecule has 0 bridgehead atoms. The van der Waals surface area contributed by atoms with E-state index in [1.165, 1.54) is 69.0 Å². The molecular weight excluding hydrogens is 466 g/mol.